The molecule has 0 heterocycles. The van der Waals surface area contributed by atoms with E-state index in [4.69, 9.17) is 11.6 Å². The molecule has 0 atom stereocenters. The Labute approximate surface area is 187 Å². The molecule has 28 heavy (non-hydrogen) atoms. The van der Waals surface area contributed by atoms with Gasteiger partial charge in [-0.15, -0.1) is 24.0 Å². The molecular weight excluding hydrogens is 516 g/mol. The van der Waals surface area contributed by atoms with Gasteiger partial charge in [-0.3, -0.25) is 4.99 Å². The van der Waals surface area contributed by atoms with E-state index in [1.54, 1.807) is 0 Å². The molecule has 0 bridgehead atoms. The van der Waals surface area contributed by atoms with Crippen LogP contribution >= 0.6 is 35.6 Å². The van der Waals surface area contributed by atoms with Gasteiger partial charge in [-0.05, 0) is 43.2 Å². The van der Waals surface area contributed by atoms with Crippen LogP contribution in [-0.2, 0) is 16.3 Å². The second-order valence-electron chi connectivity index (χ2n) is 5.82. The summed E-state index contributed by atoms with van der Waals surface area (Å²) in [6.07, 6.45) is 0.749. The summed E-state index contributed by atoms with van der Waals surface area (Å²) in [5.41, 5.74) is 1.09. The van der Waals surface area contributed by atoms with Gasteiger partial charge < -0.3 is 10.6 Å². The van der Waals surface area contributed by atoms with E-state index in [1.807, 2.05) is 31.2 Å². The molecule has 5 nitrogen and oxygen atoms in total. The van der Waals surface area contributed by atoms with Crippen molar-refractivity contribution in [2.75, 3.05) is 25.4 Å². The molecule has 2 aromatic carbocycles. The summed E-state index contributed by atoms with van der Waals surface area (Å²) in [5, 5.41) is 6.90. The summed E-state index contributed by atoms with van der Waals surface area (Å²) in [5.74, 6) is -0.491. The third kappa shape index (κ3) is 7.92. The van der Waals surface area contributed by atoms with Gasteiger partial charge in [0.25, 0.3) is 0 Å². The first-order valence-electron chi connectivity index (χ1n) is 8.66. The van der Waals surface area contributed by atoms with E-state index in [2.05, 4.69) is 15.6 Å². The first-order valence-corrected chi connectivity index (χ1v) is 10.7. The molecule has 2 aromatic rings. The van der Waals surface area contributed by atoms with E-state index in [0.717, 1.165) is 18.1 Å². The minimum absolute atomic E-state index is 0. The summed E-state index contributed by atoms with van der Waals surface area (Å²) in [7, 11) is -3.72. The Balaban J connectivity index is 0.00000392. The summed E-state index contributed by atoms with van der Waals surface area (Å²) >= 11 is 5.97. The maximum atomic E-state index is 13.7. The van der Waals surface area contributed by atoms with Crippen LogP contribution in [-0.4, -0.2) is 39.8 Å². The summed E-state index contributed by atoms with van der Waals surface area (Å²) in [4.78, 5) is 3.98. The number of benzene rings is 2. The minimum atomic E-state index is -3.72. The van der Waals surface area contributed by atoms with E-state index < -0.39 is 15.7 Å². The number of guanidine groups is 1. The predicted molar refractivity (Wildman–Crippen MR) is 123 cm³/mol. The van der Waals surface area contributed by atoms with Crippen LogP contribution in [0.5, 0.6) is 0 Å². The first kappa shape index (κ1) is 24.6. The van der Waals surface area contributed by atoms with Gasteiger partial charge in [0.15, 0.2) is 15.8 Å². The van der Waals surface area contributed by atoms with E-state index in [1.165, 1.54) is 18.2 Å². The van der Waals surface area contributed by atoms with Crippen LogP contribution < -0.4 is 10.6 Å². The number of hydrogen-bond donors (Lipinski definition) is 2. The van der Waals surface area contributed by atoms with Crippen molar-refractivity contribution in [1.29, 1.82) is 0 Å². The molecule has 0 saturated carbocycles. The average Bonchev–Trinajstić information content (AvgIpc) is 2.62. The molecule has 0 radical (unpaired) electrons. The summed E-state index contributed by atoms with van der Waals surface area (Å²) in [6.45, 7) is 3.21. The molecule has 0 amide bonds. The van der Waals surface area contributed by atoms with E-state index in [0.29, 0.717) is 24.1 Å². The second kappa shape index (κ2) is 12.2. The van der Waals surface area contributed by atoms with Gasteiger partial charge in [-0.1, -0.05) is 35.9 Å². The van der Waals surface area contributed by atoms with Gasteiger partial charge in [0, 0.05) is 18.1 Å². The fourth-order valence-corrected chi connectivity index (χ4v) is 3.86. The predicted octanol–water partition coefficient (Wildman–Crippen LogP) is 3.67. The Bertz CT molecular complexity index is 894. The van der Waals surface area contributed by atoms with Crippen LogP contribution in [0.25, 0.3) is 0 Å². The highest BCUT2D eigenvalue weighted by Crippen LogP contribution is 2.15. The molecule has 0 aliphatic rings. The van der Waals surface area contributed by atoms with Gasteiger partial charge >= 0.3 is 0 Å². The van der Waals surface area contributed by atoms with Gasteiger partial charge in [-0.2, -0.15) is 0 Å². The molecule has 0 aromatic heterocycles. The van der Waals surface area contributed by atoms with Crippen molar-refractivity contribution in [3.8, 4) is 0 Å². The molecular formula is C19H24ClFIN3O2S. The lowest BCUT2D eigenvalue weighted by Gasteiger charge is -2.11. The molecule has 0 saturated heterocycles. The Hall–Kier alpha value is -1.39. The fraction of sp³-hybridized carbons (Fsp3) is 0.316. The lowest BCUT2D eigenvalue weighted by Crippen LogP contribution is -2.38. The van der Waals surface area contributed by atoms with Crippen LogP contribution in [0.15, 0.2) is 58.4 Å². The molecule has 9 heteroatoms. The topological polar surface area (TPSA) is 70.6 Å². The maximum Gasteiger partial charge on any atom is 0.191 e. The zero-order chi connectivity index (χ0) is 19.7. The van der Waals surface area contributed by atoms with E-state index in [9.17, 15) is 12.8 Å². The number of nitrogens with zero attached hydrogens (tertiary/aromatic N) is 1. The van der Waals surface area contributed by atoms with Gasteiger partial charge in [0.1, 0.15) is 10.7 Å². The van der Waals surface area contributed by atoms with Crippen LogP contribution in [0, 0.1) is 5.82 Å². The largest absolute Gasteiger partial charge is 0.357 e. The van der Waals surface area contributed by atoms with Crippen molar-refractivity contribution in [2.24, 2.45) is 4.99 Å². The SMILES string of the molecule is CCNC(=NCCS(=O)(=O)c1ccccc1F)NCCc1cccc(Cl)c1.I. The van der Waals surface area contributed by atoms with E-state index in [-0.39, 0.29) is 41.2 Å². The number of hydrogen-bond acceptors (Lipinski definition) is 3. The normalized spacial score (nSPS) is 11.6. The average molecular weight is 540 g/mol. The zero-order valence-corrected chi connectivity index (χ0v) is 19.4. The number of nitrogens with one attached hydrogen (secondary N) is 2. The standard InChI is InChI=1S/C19H23ClFN3O2S.HI/c1-2-22-19(23-11-10-15-6-5-7-16(20)14-15)24-12-13-27(25,26)18-9-4-3-8-17(18)21;/h3-9,14H,2,10-13H2,1H3,(H2,22,23,24);1H. The number of aliphatic imine (C=N–C) groups is 1. The smallest absolute Gasteiger partial charge is 0.191 e. The molecule has 0 spiro atoms. The van der Waals surface area contributed by atoms with Crippen molar-refractivity contribution >= 4 is 51.4 Å². The number of halogens is 3. The lowest BCUT2D eigenvalue weighted by atomic mass is 10.1. The van der Waals surface area contributed by atoms with Crippen LogP contribution in [0.1, 0.15) is 12.5 Å². The van der Waals surface area contributed by atoms with Crippen molar-refractivity contribution < 1.29 is 12.8 Å². The molecule has 2 N–H and O–H groups in total. The van der Waals surface area contributed by atoms with Crippen molar-refractivity contribution in [3.63, 3.8) is 0 Å². The maximum absolute atomic E-state index is 13.7. The molecule has 154 valence electrons. The Morgan fingerprint density at radius 2 is 1.89 bits per heavy atom. The summed E-state index contributed by atoms with van der Waals surface area (Å²) in [6, 6.07) is 13.0. The minimum Gasteiger partial charge on any atom is -0.357 e. The number of sulfone groups is 1. The highest BCUT2D eigenvalue weighted by atomic mass is 127. The quantitative estimate of drug-likeness (QED) is 0.305. The van der Waals surface area contributed by atoms with Crippen LogP contribution in [0.3, 0.4) is 0 Å². The Morgan fingerprint density at radius 1 is 1.14 bits per heavy atom. The monoisotopic (exact) mass is 539 g/mol. The van der Waals surface area contributed by atoms with E-state index >= 15 is 0 Å². The molecule has 2 rings (SSSR count). The van der Waals surface area contributed by atoms with Gasteiger partial charge in [-0.25, -0.2) is 12.8 Å². The Morgan fingerprint density at radius 3 is 2.57 bits per heavy atom. The molecule has 0 aliphatic heterocycles. The zero-order valence-electron chi connectivity index (χ0n) is 15.5. The lowest BCUT2D eigenvalue weighted by molar-refractivity contribution is 0.567. The third-order valence-corrected chi connectivity index (χ3v) is 5.70. The number of rotatable bonds is 8. The highest BCUT2D eigenvalue weighted by molar-refractivity contribution is 14.0. The van der Waals surface area contributed by atoms with Crippen molar-refractivity contribution in [2.45, 2.75) is 18.2 Å². The molecule has 0 aliphatic carbocycles. The highest BCUT2D eigenvalue weighted by Gasteiger charge is 2.18. The molecule has 0 unspecified atom stereocenters. The van der Waals surface area contributed by atoms with Gasteiger partial charge in [0.2, 0.25) is 0 Å². The van der Waals surface area contributed by atoms with Crippen molar-refractivity contribution in [3.05, 3.63) is 64.9 Å². The Kier molecular flexibility index (Phi) is 10.8. The summed E-state index contributed by atoms with van der Waals surface area (Å²) < 4.78 is 38.2. The van der Waals surface area contributed by atoms with Crippen LogP contribution in [0.4, 0.5) is 4.39 Å². The second-order valence-corrected chi connectivity index (χ2v) is 8.33. The van der Waals surface area contributed by atoms with Crippen LogP contribution in [0.2, 0.25) is 5.02 Å². The molecule has 0 fully saturated rings. The first-order chi connectivity index (χ1) is 12.9. The van der Waals surface area contributed by atoms with Gasteiger partial charge in [0.05, 0.1) is 12.3 Å². The fourth-order valence-electron chi connectivity index (χ4n) is 2.44. The third-order valence-electron chi connectivity index (χ3n) is 3.74. The van der Waals surface area contributed by atoms with Crippen molar-refractivity contribution in [1.82, 2.24) is 10.6 Å².